The van der Waals surface area contributed by atoms with Gasteiger partial charge in [-0.1, -0.05) is 13.8 Å². The third-order valence-corrected chi connectivity index (χ3v) is 3.94. The Labute approximate surface area is 107 Å². The monoisotopic (exact) mass is 280 g/mol. The zero-order valence-corrected chi connectivity index (χ0v) is 11.5. The third kappa shape index (κ3) is 7.10. The van der Waals surface area contributed by atoms with Crippen molar-refractivity contribution in [3.8, 4) is 0 Å². The van der Waals surface area contributed by atoms with Gasteiger partial charge in [0.15, 0.2) is 9.84 Å². The second-order valence-corrected chi connectivity index (χ2v) is 6.26. The lowest BCUT2D eigenvalue weighted by molar-refractivity contribution is -0.137. The van der Waals surface area contributed by atoms with Crippen molar-refractivity contribution in [2.24, 2.45) is 0 Å². The molecule has 0 aromatic carbocycles. The number of aliphatic carboxylic acids is 1. The molecule has 0 aliphatic rings. The predicted octanol–water partition coefficient (Wildman–Crippen LogP) is -0.0727. The van der Waals surface area contributed by atoms with Gasteiger partial charge in [-0.2, -0.15) is 0 Å². The van der Waals surface area contributed by atoms with Gasteiger partial charge in [0, 0.05) is 18.8 Å². The van der Waals surface area contributed by atoms with Crippen LogP contribution >= 0.6 is 0 Å². The van der Waals surface area contributed by atoms with Crippen LogP contribution in [0, 0.1) is 0 Å². The van der Waals surface area contributed by atoms with Crippen LogP contribution in [0.2, 0.25) is 0 Å². The van der Waals surface area contributed by atoms with Crippen molar-refractivity contribution in [3.63, 3.8) is 0 Å². The zero-order chi connectivity index (χ0) is 14.2. The standard InChI is InChI=1S/C10H20N2O5S/c1-3-6-12(8-9(13)14)10(15)11-5-7-18(16,17)4-2/h3-8H2,1-2H3,(H,11,15)(H,13,14). The van der Waals surface area contributed by atoms with E-state index in [4.69, 9.17) is 5.11 Å². The summed E-state index contributed by atoms with van der Waals surface area (Å²) in [5.74, 6) is -1.21. The maximum absolute atomic E-state index is 11.6. The Morgan fingerprint density at radius 1 is 1.28 bits per heavy atom. The van der Waals surface area contributed by atoms with Gasteiger partial charge in [0.05, 0.1) is 5.75 Å². The van der Waals surface area contributed by atoms with Gasteiger partial charge in [-0.3, -0.25) is 4.79 Å². The quantitative estimate of drug-likeness (QED) is 0.647. The number of carbonyl (C=O) groups is 2. The van der Waals surface area contributed by atoms with Crippen LogP contribution in [0.25, 0.3) is 0 Å². The number of carbonyl (C=O) groups excluding carboxylic acids is 1. The summed E-state index contributed by atoms with van der Waals surface area (Å²) < 4.78 is 22.4. The molecule has 0 fully saturated rings. The van der Waals surface area contributed by atoms with Crippen LogP contribution < -0.4 is 5.32 Å². The first-order valence-corrected chi connectivity index (χ1v) is 7.59. The summed E-state index contributed by atoms with van der Waals surface area (Å²) in [5.41, 5.74) is 0. The Morgan fingerprint density at radius 3 is 2.33 bits per heavy atom. The van der Waals surface area contributed by atoms with Crippen molar-refractivity contribution in [1.82, 2.24) is 10.2 Å². The van der Waals surface area contributed by atoms with E-state index in [0.29, 0.717) is 13.0 Å². The molecule has 0 radical (unpaired) electrons. The van der Waals surface area contributed by atoms with Crippen molar-refractivity contribution in [3.05, 3.63) is 0 Å². The van der Waals surface area contributed by atoms with E-state index in [1.165, 1.54) is 6.92 Å². The number of hydrogen-bond donors (Lipinski definition) is 2. The molecule has 18 heavy (non-hydrogen) atoms. The number of hydrogen-bond acceptors (Lipinski definition) is 4. The number of nitrogens with one attached hydrogen (secondary N) is 1. The van der Waals surface area contributed by atoms with Crippen LogP contribution in [0.15, 0.2) is 0 Å². The van der Waals surface area contributed by atoms with Crippen molar-refractivity contribution >= 4 is 21.8 Å². The lowest BCUT2D eigenvalue weighted by Gasteiger charge is -2.20. The number of nitrogens with zero attached hydrogens (tertiary/aromatic N) is 1. The van der Waals surface area contributed by atoms with E-state index in [1.807, 2.05) is 6.92 Å². The zero-order valence-electron chi connectivity index (χ0n) is 10.7. The Hall–Kier alpha value is -1.31. The van der Waals surface area contributed by atoms with Crippen LogP contribution in [0.5, 0.6) is 0 Å². The first-order chi connectivity index (χ1) is 8.32. The minimum absolute atomic E-state index is 0.00512. The largest absolute Gasteiger partial charge is 0.480 e. The molecule has 8 heteroatoms. The lowest BCUT2D eigenvalue weighted by Crippen LogP contribution is -2.44. The van der Waals surface area contributed by atoms with Gasteiger partial charge in [-0.05, 0) is 6.42 Å². The maximum atomic E-state index is 11.6. The average Bonchev–Trinajstić information content (AvgIpc) is 2.27. The molecule has 0 aliphatic heterocycles. The van der Waals surface area contributed by atoms with Gasteiger partial charge >= 0.3 is 12.0 Å². The molecule has 2 amide bonds. The number of urea groups is 1. The molecule has 0 rings (SSSR count). The van der Waals surface area contributed by atoms with Crippen molar-refractivity contribution in [2.45, 2.75) is 20.3 Å². The third-order valence-electron chi connectivity index (χ3n) is 2.24. The Balaban J connectivity index is 4.22. The van der Waals surface area contributed by atoms with E-state index in [-0.39, 0.29) is 24.6 Å². The van der Waals surface area contributed by atoms with Gasteiger partial charge in [0.25, 0.3) is 0 Å². The van der Waals surface area contributed by atoms with Crippen LogP contribution in [0.1, 0.15) is 20.3 Å². The Bertz CT molecular complexity index is 380. The average molecular weight is 280 g/mol. The van der Waals surface area contributed by atoms with Gasteiger partial charge < -0.3 is 15.3 Å². The number of sulfone groups is 1. The molecule has 0 unspecified atom stereocenters. The Morgan fingerprint density at radius 2 is 1.89 bits per heavy atom. The summed E-state index contributed by atoms with van der Waals surface area (Å²) in [6.07, 6.45) is 0.633. The SMILES string of the molecule is CCCN(CC(=O)O)C(=O)NCCS(=O)(=O)CC. The molecule has 0 aliphatic carbocycles. The first kappa shape index (κ1) is 16.7. The fraction of sp³-hybridized carbons (Fsp3) is 0.800. The summed E-state index contributed by atoms with van der Waals surface area (Å²) >= 11 is 0. The van der Waals surface area contributed by atoms with Crippen LogP contribution in [0.3, 0.4) is 0 Å². The van der Waals surface area contributed by atoms with Crippen molar-refractivity contribution in [2.75, 3.05) is 31.1 Å². The predicted molar refractivity (Wildman–Crippen MR) is 67.2 cm³/mol. The summed E-state index contributed by atoms with van der Waals surface area (Å²) in [6.45, 7) is 3.28. The Kier molecular flexibility index (Phi) is 7.33. The van der Waals surface area contributed by atoms with Crippen LogP contribution in [-0.2, 0) is 14.6 Å². The minimum Gasteiger partial charge on any atom is -0.480 e. The van der Waals surface area contributed by atoms with Gasteiger partial charge in [-0.15, -0.1) is 0 Å². The summed E-state index contributed by atoms with van der Waals surface area (Å²) in [4.78, 5) is 23.3. The lowest BCUT2D eigenvalue weighted by atomic mass is 10.4. The second kappa shape index (κ2) is 7.91. The number of rotatable bonds is 8. The molecule has 0 saturated carbocycles. The fourth-order valence-corrected chi connectivity index (χ4v) is 1.96. The summed E-state index contributed by atoms with van der Waals surface area (Å²) in [6, 6.07) is -0.550. The highest BCUT2D eigenvalue weighted by molar-refractivity contribution is 7.91. The molecule has 106 valence electrons. The molecule has 0 bridgehead atoms. The van der Waals surface area contributed by atoms with Crippen molar-refractivity contribution < 1.29 is 23.1 Å². The topological polar surface area (TPSA) is 104 Å². The highest BCUT2D eigenvalue weighted by atomic mass is 32.2. The van der Waals surface area contributed by atoms with E-state index < -0.39 is 21.8 Å². The van der Waals surface area contributed by atoms with E-state index in [9.17, 15) is 18.0 Å². The van der Waals surface area contributed by atoms with Gasteiger partial charge in [0.1, 0.15) is 6.54 Å². The minimum atomic E-state index is -3.13. The van der Waals surface area contributed by atoms with E-state index in [1.54, 1.807) is 0 Å². The molecular formula is C10H20N2O5S. The molecule has 2 N–H and O–H groups in total. The number of amides is 2. The molecule has 7 nitrogen and oxygen atoms in total. The van der Waals surface area contributed by atoms with E-state index >= 15 is 0 Å². The molecular weight excluding hydrogens is 260 g/mol. The van der Waals surface area contributed by atoms with Crippen molar-refractivity contribution in [1.29, 1.82) is 0 Å². The van der Waals surface area contributed by atoms with Crippen LogP contribution in [0.4, 0.5) is 4.79 Å². The normalized spacial score (nSPS) is 11.0. The number of carboxylic acids is 1. The van der Waals surface area contributed by atoms with Gasteiger partial charge in [-0.25, -0.2) is 13.2 Å². The highest BCUT2D eigenvalue weighted by Crippen LogP contribution is 1.93. The molecule has 0 aromatic heterocycles. The molecule has 0 aromatic rings. The highest BCUT2D eigenvalue weighted by Gasteiger charge is 2.16. The van der Waals surface area contributed by atoms with E-state index in [2.05, 4.69) is 5.32 Å². The summed E-state index contributed by atoms with van der Waals surface area (Å²) in [5, 5.41) is 11.0. The number of carboxylic acid groups (broad SMARTS) is 1. The van der Waals surface area contributed by atoms with Crippen LogP contribution in [-0.4, -0.2) is 61.6 Å². The summed E-state index contributed by atoms with van der Waals surface area (Å²) in [7, 11) is -3.13. The maximum Gasteiger partial charge on any atom is 0.323 e. The molecule has 0 heterocycles. The second-order valence-electron chi connectivity index (χ2n) is 3.78. The first-order valence-electron chi connectivity index (χ1n) is 5.77. The smallest absolute Gasteiger partial charge is 0.323 e. The molecule has 0 atom stereocenters. The van der Waals surface area contributed by atoms with E-state index in [0.717, 1.165) is 4.90 Å². The van der Waals surface area contributed by atoms with Gasteiger partial charge in [0.2, 0.25) is 0 Å². The fourth-order valence-electron chi connectivity index (χ4n) is 1.26. The molecule has 0 spiro atoms. The molecule has 0 saturated heterocycles.